The van der Waals surface area contributed by atoms with Gasteiger partial charge in [0, 0.05) is 31.9 Å². The van der Waals surface area contributed by atoms with Gasteiger partial charge in [0.1, 0.15) is 10.7 Å². The van der Waals surface area contributed by atoms with Crippen LogP contribution in [0.15, 0.2) is 34.3 Å². The Hall–Kier alpha value is -1.00. The molecule has 0 aliphatic heterocycles. The number of likely N-dealkylation sites (N-methyl/N-ethyl adjacent to an activating group) is 1. The summed E-state index contributed by atoms with van der Waals surface area (Å²) in [4.78, 5) is 6.24. The molecule has 0 aromatic carbocycles. The first-order valence-corrected chi connectivity index (χ1v) is 11.6. The van der Waals surface area contributed by atoms with Crippen LogP contribution in [-0.2, 0) is 10.0 Å². The van der Waals surface area contributed by atoms with E-state index in [9.17, 15) is 13.5 Å². The van der Waals surface area contributed by atoms with Gasteiger partial charge in [-0.2, -0.15) is 0 Å². The monoisotopic (exact) mass is 476 g/mol. The Morgan fingerprint density at radius 2 is 2.11 bits per heavy atom. The minimum absolute atomic E-state index is 0.0608. The van der Waals surface area contributed by atoms with Gasteiger partial charge in [0.25, 0.3) is 0 Å². The maximum absolute atomic E-state index is 12.7. The number of rotatable bonds is 13. The third-order valence-electron chi connectivity index (χ3n) is 4.27. The molecule has 7 nitrogen and oxygen atoms in total. The zero-order chi connectivity index (χ0) is 21.4. The Balaban J connectivity index is 2.87. The van der Waals surface area contributed by atoms with Crippen molar-refractivity contribution in [1.82, 2.24) is 14.6 Å². The molecular weight excluding hydrogens is 444 g/mol. The lowest BCUT2D eigenvalue weighted by molar-refractivity contribution is 0.253. The third kappa shape index (κ3) is 8.57. The topological polar surface area (TPSA) is 94.6 Å². The van der Waals surface area contributed by atoms with Gasteiger partial charge in [-0.15, -0.1) is 6.58 Å². The van der Waals surface area contributed by atoms with Crippen LogP contribution in [0.2, 0.25) is 0 Å². The highest BCUT2D eigenvalue weighted by atomic mass is 79.9. The fourth-order valence-electron chi connectivity index (χ4n) is 2.67. The molecule has 0 radical (unpaired) electrons. The maximum atomic E-state index is 12.7. The van der Waals surface area contributed by atoms with Crippen LogP contribution in [0.25, 0.3) is 0 Å². The summed E-state index contributed by atoms with van der Waals surface area (Å²) in [5.74, 6) is 0.603. The predicted molar refractivity (Wildman–Crippen MR) is 118 cm³/mol. The fourth-order valence-corrected chi connectivity index (χ4v) is 4.55. The third-order valence-corrected chi connectivity index (χ3v) is 6.36. The summed E-state index contributed by atoms with van der Waals surface area (Å²) < 4.78 is 28.6. The van der Waals surface area contributed by atoms with Crippen molar-refractivity contribution in [3.8, 4) is 0 Å². The summed E-state index contributed by atoms with van der Waals surface area (Å²) in [7, 11) is -0.0311. The zero-order valence-corrected chi connectivity index (χ0v) is 19.6. The molecular formula is C19H33BrN4O3S. The van der Waals surface area contributed by atoms with Gasteiger partial charge in [0.05, 0.1) is 4.47 Å². The number of aliphatic hydroxyl groups is 1. The van der Waals surface area contributed by atoms with E-state index in [-0.39, 0.29) is 23.0 Å². The quantitative estimate of drug-likeness (QED) is 0.379. The molecule has 1 unspecified atom stereocenters. The van der Waals surface area contributed by atoms with Crippen molar-refractivity contribution >= 4 is 31.8 Å². The Morgan fingerprint density at radius 3 is 2.64 bits per heavy atom. The smallest absolute Gasteiger partial charge is 0.242 e. The van der Waals surface area contributed by atoms with Crippen LogP contribution in [0.3, 0.4) is 0 Å². The molecule has 3 N–H and O–H groups in total. The molecule has 1 aromatic heterocycles. The molecule has 1 aromatic rings. The number of halogens is 1. The maximum Gasteiger partial charge on any atom is 0.242 e. The van der Waals surface area contributed by atoms with Gasteiger partial charge in [-0.05, 0) is 60.8 Å². The number of allylic oxidation sites excluding steroid dienone is 1. The van der Waals surface area contributed by atoms with Crippen molar-refractivity contribution < 1.29 is 13.5 Å². The standard InChI is InChI=1S/C19H33BrN4O3S/c1-6-7-9-19(2,3)14-22-18-17(20)11-16(12-21-18)28(26,27)23-15(8-10-25)13-24(4)5/h6,11-12,15,23,25H,1,7-10,13-14H2,2-5H3,(H,21,22). The van der Waals surface area contributed by atoms with E-state index in [1.165, 1.54) is 6.20 Å². The molecule has 28 heavy (non-hydrogen) atoms. The number of nitrogens with zero attached hydrogens (tertiary/aromatic N) is 2. The van der Waals surface area contributed by atoms with Crippen molar-refractivity contribution in [2.75, 3.05) is 39.1 Å². The second-order valence-corrected chi connectivity index (χ2v) is 10.5. The molecule has 0 aliphatic rings. The Bertz CT molecular complexity index is 739. The van der Waals surface area contributed by atoms with Crippen LogP contribution in [0.4, 0.5) is 5.82 Å². The minimum Gasteiger partial charge on any atom is -0.396 e. The number of anilines is 1. The SMILES string of the molecule is C=CCCC(C)(C)CNc1ncc(S(=O)(=O)NC(CCO)CN(C)C)cc1Br. The highest BCUT2D eigenvalue weighted by Crippen LogP contribution is 2.27. The molecule has 1 rings (SSSR count). The summed E-state index contributed by atoms with van der Waals surface area (Å²) in [5, 5.41) is 12.5. The highest BCUT2D eigenvalue weighted by molar-refractivity contribution is 9.10. The summed E-state index contributed by atoms with van der Waals surface area (Å²) >= 11 is 3.42. The van der Waals surface area contributed by atoms with Crippen LogP contribution in [0.5, 0.6) is 0 Å². The molecule has 0 spiro atoms. The van der Waals surface area contributed by atoms with Crippen LogP contribution < -0.4 is 10.0 Å². The largest absolute Gasteiger partial charge is 0.396 e. The number of pyridine rings is 1. The highest BCUT2D eigenvalue weighted by Gasteiger charge is 2.22. The van der Waals surface area contributed by atoms with Gasteiger partial charge in [0.2, 0.25) is 10.0 Å². The molecule has 0 fully saturated rings. The lowest BCUT2D eigenvalue weighted by Crippen LogP contribution is -2.42. The van der Waals surface area contributed by atoms with Gasteiger partial charge < -0.3 is 15.3 Å². The molecule has 0 saturated heterocycles. The van der Waals surface area contributed by atoms with Crippen LogP contribution in [0.1, 0.15) is 33.1 Å². The minimum atomic E-state index is -3.74. The molecule has 9 heteroatoms. The number of aliphatic hydroxyl groups excluding tert-OH is 1. The second kappa shape index (κ2) is 11.3. The number of hydrogen-bond acceptors (Lipinski definition) is 6. The van der Waals surface area contributed by atoms with E-state index in [0.29, 0.717) is 29.8 Å². The molecule has 0 amide bonds. The van der Waals surface area contributed by atoms with Gasteiger partial charge in [-0.1, -0.05) is 19.9 Å². The molecule has 160 valence electrons. The lowest BCUT2D eigenvalue weighted by Gasteiger charge is -2.25. The Kier molecular flexibility index (Phi) is 10.1. The van der Waals surface area contributed by atoms with Gasteiger partial charge in [-0.3, -0.25) is 0 Å². The van der Waals surface area contributed by atoms with Crippen molar-refractivity contribution in [2.45, 2.75) is 44.0 Å². The van der Waals surface area contributed by atoms with Crippen molar-refractivity contribution in [3.05, 3.63) is 29.4 Å². The van der Waals surface area contributed by atoms with Gasteiger partial charge >= 0.3 is 0 Å². The number of nitrogens with one attached hydrogen (secondary N) is 2. The molecule has 1 heterocycles. The number of sulfonamides is 1. The molecule has 0 saturated carbocycles. The average Bonchev–Trinajstić information content (AvgIpc) is 2.58. The number of aromatic nitrogens is 1. The lowest BCUT2D eigenvalue weighted by atomic mass is 9.88. The van der Waals surface area contributed by atoms with Crippen LogP contribution >= 0.6 is 15.9 Å². The van der Waals surface area contributed by atoms with Crippen molar-refractivity contribution in [1.29, 1.82) is 0 Å². The van der Waals surface area contributed by atoms with E-state index in [1.807, 2.05) is 25.1 Å². The average molecular weight is 477 g/mol. The predicted octanol–water partition coefficient (Wildman–Crippen LogP) is 2.84. The summed E-state index contributed by atoms with van der Waals surface area (Å²) in [6, 6.07) is 1.16. The van der Waals surface area contributed by atoms with E-state index >= 15 is 0 Å². The van der Waals surface area contributed by atoms with Crippen molar-refractivity contribution in [3.63, 3.8) is 0 Å². The van der Waals surface area contributed by atoms with E-state index in [0.717, 1.165) is 12.8 Å². The second-order valence-electron chi connectivity index (χ2n) is 7.94. The first kappa shape index (κ1) is 25.0. The van der Waals surface area contributed by atoms with Gasteiger partial charge in [0.15, 0.2) is 0 Å². The van der Waals surface area contributed by atoms with E-state index < -0.39 is 10.0 Å². The van der Waals surface area contributed by atoms with Crippen LogP contribution in [-0.4, -0.2) is 63.2 Å². The summed E-state index contributed by atoms with van der Waals surface area (Å²) in [5.41, 5.74) is 0.0608. The molecule has 0 aliphatic carbocycles. The Morgan fingerprint density at radius 1 is 1.43 bits per heavy atom. The summed E-state index contributed by atoms with van der Waals surface area (Å²) in [6.45, 7) is 9.19. The van der Waals surface area contributed by atoms with Gasteiger partial charge in [-0.25, -0.2) is 18.1 Å². The van der Waals surface area contributed by atoms with Crippen molar-refractivity contribution in [2.24, 2.45) is 5.41 Å². The van der Waals surface area contributed by atoms with E-state index in [1.54, 1.807) is 6.07 Å². The molecule has 0 bridgehead atoms. The summed E-state index contributed by atoms with van der Waals surface area (Å²) in [6.07, 6.45) is 5.52. The van der Waals surface area contributed by atoms with Crippen LogP contribution in [0, 0.1) is 5.41 Å². The first-order valence-electron chi connectivity index (χ1n) is 9.29. The van der Waals surface area contributed by atoms with E-state index in [4.69, 9.17) is 0 Å². The first-order chi connectivity index (χ1) is 13.0. The molecule has 1 atom stereocenters. The normalized spacial score (nSPS) is 13.5. The fraction of sp³-hybridized carbons (Fsp3) is 0.632. The van der Waals surface area contributed by atoms with E-state index in [2.05, 4.69) is 51.4 Å². The zero-order valence-electron chi connectivity index (χ0n) is 17.2. The number of hydrogen-bond donors (Lipinski definition) is 3. The Labute approximate surface area is 177 Å².